The van der Waals surface area contributed by atoms with Gasteiger partial charge < -0.3 is 0 Å². The Kier molecular flexibility index (Phi) is 1.79. The van der Waals surface area contributed by atoms with Crippen molar-refractivity contribution in [2.24, 2.45) is 5.14 Å². The molecule has 2 rings (SSSR count). The lowest BCUT2D eigenvalue weighted by atomic mass is 10.2. The van der Waals surface area contributed by atoms with E-state index in [-0.39, 0.29) is 10.4 Å². The first-order chi connectivity index (χ1) is 6.48. The quantitative estimate of drug-likeness (QED) is 0.719. The molecule has 0 fully saturated rings. The molecule has 1 aromatic heterocycles. The molecule has 5 nitrogen and oxygen atoms in total. The molecule has 2 aromatic rings. The minimum Gasteiger partial charge on any atom is -0.265 e. The zero-order valence-corrected chi connectivity index (χ0v) is 7.68. The number of primary sulfonamides is 1. The van der Waals surface area contributed by atoms with Crippen molar-refractivity contribution < 1.29 is 12.8 Å². The van der Waals surface area contributed by atoms with Crippen molar-refractivity contribution in [1.29, 1.82) is 0 Å². The summed E-state index contributed by atoms with van der Waals surface area (Å²) in [5.74, 6) is -0.538. The molecule has 0 unspecified atom stereocenters. The Balaban J connectivity index is 2.87. The first-order valence-electron chi connectivity index (χ1n) is 3.65. The van der Waals surface area contributed by atoms with E-state index in [2.05, 4.69) is 10.2 Å². The van der Waals surface area contributed by atoms with Crippen LogP contribution < -0.4 is 5.14 Å². The van der Waals surface area contributed by atoms with Crippen LogP contribution in [0.3, 0.4) is 0 Å². The highest BCUT2D eigenvalue weighted by molar-refractivity contribution is 7.89. The third-order valence-electron chi connectivity index (χ3n) is 1.77. The van der Waals surface area contributed by atoms with Gasteiger partial charge in [-0.05, 0) is 18.2 Å². The third-order valence-corrected chi connectivity index (χ3v) is 2.65. The highest BCUT2D eigenvalue weighted by atomic mass is 32.2. The summed E-state index contributed by atoms with van der Waals surface area (Å²) in [5.41, 5.74) is 0.357. The monoisotopic (exact) mass is 215 g/mol. The molecule has 0 amide bonds. The number of aromatic amines is 1. The van der Waals surface area contributed by atoms with Crippen LogP contribution in [0.4, 0.5) is 4.39 Å². The molecule has 0 saturated heterocycles. The number of nitrogens with one attached hydrogen (secondary N) is 1. The molecule has 0 atom stereocenters. The molecule has 0 spiro atoms. The molecule has 14 heavy (non-hydrogen) atoms. The predicted octanol–water partition coefficient (Wildman–Crippen LogP) is 0.349. The number of nitrogens with two attached hydrogens (primary N) is 1. The first kappa shape index (κ1) is 9.10. The average molecular weight is 215 g/mol. The number of sulfonamides is 1. The number of halogens is 1. The lowest BCUT2D eigenvalue weighted by Crippen LogP contribution is -2.12. The van der Waals surface area contributed by atoms with Gasteiger partial charge in [0.05, 0.1) is 5.52 Å². The molecule has 0 aliphatic heterocycles. The van der Waals surface area contributed by atoms with Crippen molar-refractivity contribution in [1.82, 2.24) is 10.2 Å². The van der Waals surface area contributed by atoms with Crippen LogP contribution >= 0.6 is 0 Å². The Bertz CT molecular complexity index is 590. The fourth-order valence-electron chi connectivity index (χ4n) is 1.18. The van der Waals surface area contributed by atoms with Crippen LogP contribution in [0.1, 0.15) is 0 Å². The molecular weight excluding hydrogens is 209 g/mol. The van der Waals surface area contributed by atoms with Gasteiger partial charge >= 0.3 is 0 Å². The zero-order chi connectivity index (χ0) is 10.3. The van der Waals surface area contributed by atoms with Crippen LogP contribution in [-0.2, 0) is 10.0 Å². The molecule has 0 aliphatic carbocycles. The molecule has 0 bridgehead atoms. The van der Waals surface area contributed by atoms with Gasteiger partial charge in [-0.25, -0.2) is 17.9 Å². The number of benzene rings is 1. The van der Waals surface area contributed by atoms with E-state index < -0.39 is 15.8 Å². The molecule has 0 saturated carbocycles. The molecular formula is C7H6FN3O2S. The maximum atomic E-state index is 12.8. The SMILES string of the molecule is NS(=O)(=O)c1[nH]nc2ccc(F)cc12. The number of aromatic nitrogens is 2. The van der Waals surface area contributed by atoms with Crippen LogP contribution in [0.2, 0.25) is 0 Å². The highest BCUT2D eigenvalue weighted by Crippen LogP contribution is 2.19. The largest absolute Gasteiger partial charge is 0.265 e. The minimum atomic E-state index is -3.89. The normalized spacial score (nSPS) is 12.1. The Morgan fingerprint density at radius 1 is 1.43 bits per heavy atom. The summed E-state index contributed by atoms with van der Waals surface area (Å²) in [6, 6.07) is 3.63. The van der Waals surface area contributed by atoms with Gasteiger partial charge in [-0.1, -0.05) is 0 Å². The summed E-state index contributed by atoms with van der Waals surface area (Å²) in [6.45, 7) is 0. The summed E-state index contributed by atoms with van der Waals surface area (Å²) in [7, 11) is -3.89. The highest BCUT2D eigenvalue weighted by Gasteiger charge is 2.15. The summed E-state index contributed by atoms with van der Waals surface area (Å²) < 4.78 is 34.8. The molecule has 0 aliphatic rings. The zero-order valence-electron chi connectivity index (χ0n) is 6.86. The first-order valence-corrected chi connectivity index (χ1v) is 5.19. The smallest absolute Gasteiger partial charge is 0.255 e. The summed E-state index contributed by atoms with van der Waals surface area (Å²) in [6.07, 6.45) is 0. The second-order valence-electron chi connectivity index (χ2n) is 2.76. The van der Waals surface area contributed by atoms with Crippen molar-refractivity contribution in [3.8, 4) is 0 Å². The third kappa shape index (κ3) is 1.36. The lowest BCUT2D eigenvalue weighted by Gasteiger charge is -1.93. The van der Waals surface area contributed by atoms with Crippen molar-refractivity contribution in [2.75, 3.05) is 0 Å². The van der Waals surface area contributed by atoms with Gasteiger partial charge in [0.2, 0.25) is 0 Å². The maximum absolute atomic E-state index is 12.8. The van der Waals surface area contributed by atoms with Crippen molar-refractivity contribution >= 4 is 20.9 Å². The van der Waals surface area contributed by atoms with Gasteiger partial charge in [-0.2, -0.15) is 5.10 Å². The number of H-pyrrole nitrogens is 1. The number of rotatable bonds is 1. The van der Waals surface area contributed by atoms with E-state index in [1.54, 1.807) is 0 Å². The number of fused-ring (bicyclic) bond motifs is 1. The van der Waals surface area contributed by atoms with E-state index >= 15 is 0 Å². The van der Waals surface area contributed by atoms with Crippen molar-refractivity contribution in [2.45, 2.75) is 5.03 Å². The molecule has 3 N–H and O–H groups in total. The van der Waals surface area contributed by atoms with Crippen LogP contribution in [0.25, 0.3) is 10.9 Å². The van der Waals surface area contributed by atoms with E-state index in [9.17, 15) is 12.8 Å². The second kappa shape index (κ2) is 2.76. The van der Waals surface area contributed by atoms with E-state index in [1.807, 2.05) is 0 Å². The van der Waals surface area contributed by atoms with E-state index in [1.165, 1.54) is 12.1 Å². The standard InChI is InChI=1S/C7H6FN3O2S/c8-4-1-2-6-5(3-4)7(11-10-6)14(9,12)13/h1-3H,(H,10,11)(H2,9,12,13). The van der Waals surface area contributed by atoms with Gasteiger partial charge in [0.25, 0.3) is 10.0 Å². The van der Waals surface area contributed by atoms with E-state index in [0.29, 0.717) is 5.52 Å². The molecule has 1 heterocycles. The van der Waals surface area contributed by atoms with Crippen LogP contribution in [0.5, 0.6) is 0 Å². The van der Waals surface area contributed by atoms with E-state index in [4.69, 9.17) is 5.14 Å². The Morgan fingerprint density at radius 3 is 2.79 bits per heavy atom. The summed E-state index contributed by atoms with van der Waals surface area (Å²) in [5, 5.41) is 10.7. The second-order valence-corrected chi connectivity index (χ2v) is 4.26. The fraction of sp³-hybridized carbons (Fsp3) is 0. The Hall–Kier alpha value is -1.47. The summed E-state index contributed by atoms with van der Waals surface area (Å²) >= 11 is 0. The van der Waals surface area contributed by atoms with Crippen molar-refractivity contribution in [3.63, 3.8) is 0 Å². The van der Waals surface area contributed by atoms with Crippen LogP contribution in [-0.4, -0.2) is 18.6 Å². The Labute approximate surface area is 78.8 Å². The van der Waals surface area contributed by atoms with Gasteiger partial charge in [0, 0.05) is 5.39 Å². The number of hydrogen-bond acceptors (Lipinski definition) is 3. The molecule has 74 valence electrons. The minimum absolute atomic E-state index is 0.160. The molecule has 0 radical (unpaired) electrons. The van der Waals surface area contributed by atoms with Gasteiger partial charge in [-0.15, -0.1) is 0 Å². The lowest BCUT2D eigenvalue weighted by molar-refractivity contribution is 0.594. The van der Waals surface area contributed by atoms with E-state index in [0.717, 1.165) is 6.07 Å². The van der Waals surface area contributed by atoms with Crippen LogP contribution in [0.15, 0.2) is 23.2 Å². The number of nitrogens with zero attached hydrogens (tertiary/aromatic N) is 1. The number of hydrogen-bond donors (Lipinski definition) is 2. The van der Waals surface area contributed by atoms with Gasteiger partial charge in [-0.3, -0.25) is 5.10 Å². The maximum Gasteiger partial charge on any atom is 0.255 e. The van der Waals surface area contributed by atoms with Crippen LogP contribution in [0, 0.1) is 5.82 Å². The van der Waals surface area contributed by atoms with Gasteiger partial charge in [0.1, 0.15) is 5.82 Å². The van der Waals surface area contributed by atoms with Crippen molar-refractivity contribution in [3.05, 3.63) is 24.0 Å². The predicted molar refractivity (Wildman–Crippen MR) is 47.4 cm³/mol. The van der Waals surface area contributed by atoms with Gasteiger partial charge in [0.15, 0.2) is 5.03 Å². The fourth-order valence-corrected chi connectivity index (χ4v) is 1.82. The molecule has 7 heteroatoms. The topological polar surface area (TPSA) is 88.8 Å². The Morgan fingerprint density at radius 2 is 2.14 bits per heavy atom. The molecule has 1 aromatic carbocycles. The summed E-state index contributed by atoms with van der Waals surface area (Å²) in [4.78, 5) is 0. The average Bonchev–Trinajstić information content (AvgIpc) is 2.45.